The molecule has 2 rings (SSSR count). The summed E-state index contributed by atoms with van der Waals surface area (Å²) in [6.07, 6.45) is 1.55. The van der Waals surface area contributed by atoms with Crippen molar-refractivity contribution in [3.63, 3.8) is 0 Å². The summed E-state index contributed by atoms with van der Waals surface area (Å²) in [5.74, 6) is -0.795. The van der Waals surface area contributed by atoms with Gasteiger partial charge in [0.05, 0.1) is 5.02 Å². The van der Waals surface area contributed by atoms with Gasteiger partial charge in [0, 0.05) is 23.6 Å². The summed E-state index contributed by atoms with van der Waals surface area (Å²) in [5, 5.41) is 3.14. The first kappa shape index (κ1) is 16.2. The lowest BCUT2D eigenvalue weighted by atomic mass is 10.2. The molecule has 0 aliphatic carbocycles. The fourth-order valence-corrected chi connectivity index (χ4v) is 4.70. The highest BCUT2D eigenvalue weighted by atomic mass is 79.9. The molecular formula is C12H15BrClFN2O2S. The lowest BCUT2D eigenvalue weighted by molar-refractivity contribution is 0.376. The molecular weight excluding hydrogens is 371 g/mol. The van der Waals surface area contributed by atoms with Crippen molar-refractivity contribution in [3.05, 3.63) is 27.4 Å². The Hall–Kier alpha value is -0.210. The summed E-state index contributed by atoms with van der Waals surface area (Å²) in [7, 11) is -2.10. The third-order valence-corrected chi connectivity index (χ3v) is 6.49. The number of sulfonamides is 1. The van der Waals surface area contributed by atoms with Crippen molar-refractivity contribution in [2.24, 2.45) is 0 Å². The fraction of sp³-hybridized carbons (Fsp3) is 0.500. The summed E-state index contributed by atoms with van der Waals surface area (Å²) in [4.78, 5) is -0.367. The van der Waals surface area contributed by atoms with E-state index in [-0.39, 0.29) is 16.0 Å². The van der Waals surface area contributed by atoms with Crippen LogP contribution in [0.5, 0.6) is 0 Å². The van der Waals surface area contributed by atoms with Crippen LogP contribution in [0.3, 0.4) is 0 Å². The molecule has 1 fully saturated rings. The molecule has 0 saturated carbocycles. The molecule has 1 aromatic carbocycles. The van der Waals surface area contributed by atoms with E-state index in [0.717, 1.165) is 25.0 Å². The number of halogens is 3. The second kappa shape index (κ2) is 6.27. The molecule has 0 amide bonds. The Morgan fingerprint density at radius 1 is 1.55 bits per heavy atom. The van der Waals surface area contributed by atoms with Crippen LogP contribution in [-0.4, -0.2) is 38.9 Å². The molecule has 0 spiro atoms. The fourth-order valence-electron chi connectivity index (χ4n) is 2.39. The lowest BCUT2D eigenvalue weighted by Crippen LogP contribution is -2.41. The molecule has 1 N–H and O–H groups in total. The number of nitrogens with one attached hydrogen (secondary N) is 1. The van der Waals surface area contributed by atoms with Crippen LogP contribution >= 0.6 is 27.5 Å². The first-order valence-electron chi connectivity index (χ1n) is 6.19. The molecule has 0 aromatic heterocycles. The zero-order valence-corrected chi connectivity index (χ0v) is 14.0. The number of nitrogens with zero attached hydrogens (tertiary/aromatic N) is 1. The third kappa shape index (κ3) is 3.01. The molecule has 1 aromatic rings. The summed E-state index contributed by atoms with van der Waals surface area (Å²) in [6, 6.07) is 2.09. The van der Waals surface area contributed by atoms with Crippen LogP contribution in [0, 0.1) is 5.82 Å². The second-order valence-electron chi connectivity index (χ2n) is 4.67. The standard InChI is InChI=1S/C12H15BrClFN2O2S/c1-16-7-8-3-2-4-17(8)20(18,19)12-6-10(14)9(13)5-11(12)15/h5-6,8,16H,2-4,7H2,1H3. The zero-order chi connectivity index (χ0) is 14.9. The van der Waals surface area contributed by atoms with Crippen molar-refractivity contribution in [1.29, 1.82) is 0 Å². The Bertz CT molecular complexity index is 612. The van der Waals surface area contributed by atoms with Crippen molar-refractivity contribution < 1.29 is 12.8 Å². The van der Waals surface area contributed by atoms with E-state index in [1.807, 2.05) is 0 Å². The Labute approximate surface area is 131 Å². The van der Waals surface area contributed by atoms with Gasteiger partial charge in [-0.1, -0.05) is 11.6 Å². The number of hydrogen-bond donors (Lipinski definition) is 1. The molecule has 8 heteroatoms. The first-order valence-corrected chi connectivity index (χ1v) is 8.80. The molecule has 0 bridgehead atoms. The normalized spacial score (nSPS) is 20.5. The summed E-state index contributed by atoms with van der Waals surface area (Å²) in [5.41, 5.74) is 0. The zero-order valence-electron chi connectivity index (χ0n) is 10.9. The van der Waals surface area contributed by atoms with Gasteiger partial charge in [-0.2, -0.15) is 4.31 Å². The van der Waals surface area contributed by atoms with Crippen LogP contribution in [-0.2, 0) is 10.0 Å². The minimum absolute atomic E-state index is 0.146. The Kier molecular flexibility index (Phi) is 5.07. The van der Waals surface area contributed by atoms with Gasteiger partial charge < -0.3 is 5.32 Å². The van der Waals surface area contributed by atoms with Crippen LogP contribution in [0.15, 0.2) is 21.5 Å². The van der Waals surface area contributed by atoms with Crippen LogP contribution in [0.2, 0.25) is 5.02 Å². The van der Waals surface area contributed by atoms with Gasteiger partial charge in [0.2, 0.25) is 10.0 Å². The van der Waals surface area contributed by atoms with E-state index in [2.05, 4.69) is 21.2 Å². The van der Waals surface area contributed by atoms with E-state index in [0.29, 0.717) is 17.6 Å². The summed E-state index contributed by atoms with van der Waals surface area (Å²) < 4.78 is 40.8. The first-order chi connectivity index (χ1) is 9.37. The van der Waals surface area contributed by atoms with Crippen LogP contribution in [0.4, 0.5) is 4.39 Å². The average molecular weight is 386 g/mol. The second-order valence-corrected chi connectivity index (χ2v) is 7.79. The Morgan fingerprint density at radius 2 is 2.25 bits per heavy atom. The Morgan fingerprint density at radius 3 is 2.90 bits per heavy atom. The molecule has 1 aliphatic rings. The summed E-state index contributed by atoms with van der Waals surface area (Å²) >= 11 is 8.96. The molecule has 20 heavy (non-hydrogen) atoms. The molecule has 0 radical (unpaired) electrons. The van der Waals surface area contributed by atoms with Crippen LogP contribution < -0.4 is 5.32 Å². The quantitative estimate of drug-likeness (QED) is 0.811. The van der Waals surface area contributed by atoms with E-state index in [4.69, 9.17) is 11.6 Å². The molecule has 1 atom stereocenters. The van der Waals surface area contributed by atoms with E-state index in [1.165, 1.54) is 4.31 Å². The van der Waals surface area contributed by atoms with E-state index in [1.54, 1.807) is 7.05 Å². The third-order valence-electron chi connectivity index (χ3n) is 3.32. The predicted octanol–water partition coefficient (Wildman–Crippen LogP) is 2.61. The van der Waals surface area contributed by atoms with Gasteiger partial charge in [-0.15, -0.1) is 0 Å². The van der Waals surface area contributed by atoms with Gasteiger partial charge in [-0.05, 0) is 48.0 Å². The van der Waals surface area contributed by atoms with Gasteiger partial charge >= 0.3 is 0 Å². The smallest absolute Gasteiger partial charge is 0.246 e. The number of hydrogen-bond acceptors (Lipinski definition) is 3. The molecule has 1 unspecified atom stereocenters. The van der Waals surface area contributed by atoms with Gasteiger partial charge in [0.25, 0.3) is 0 Å². The minimum Gasteiger partial charge on any atom is -0.318 e. The van der Waals surface area contributed by atoms with Gasteiger partial charge in [0.15, 0.2) is 0 Å². The molecule has 1 aliphatic heterocycles. The van der Waals surface area contributed by atoms with Crippen molar-refractivity contribution in [3.8, 4) is 0 Å². The number of rotatable bonds is 4. The highest BCUT2D eigenvalue weighted by Crippen LogP contribution is 2.32. The van der Waals surface area contributed by atoms with Crippen LogP contribution in [0.1, 0.15) is 12.8 Å². The van der Waals surface area contributed by atoms with Gasteiger partial charge in [-0.3, -0.25) is 0 Å². The van der Waals surface area contributed by atoms with E-state index in [9.17, 15) is 12.8 Å². The predicted molar refractivity (Wildman–Crippen MR) is 80.0 cm³/mol. The highest BCUT2D eigenvalue weighted by molar-refractivity contribution is 9.10. The molecule has 4 nitrogen and oxygen atoms in total. The van der Waals surface area contributed by atoms with E-state index >= 15 is 0 Å². The largest absolute Gasteiger partial charge is 0.318 e. The number of likely N-dealkylation sites (N-methyl/N-ethyl adjacent to an activating group) is 1. The van der Waals surface area contributed by atoms with Gasteiger partial charge in [0.1, 0.15) is 10.7 Å². The average Bonchev–Trinajstić information content (AvgIpc) is 2.83. The Balaban J connectivity index is 2.42. The lowest BCUT2D eigenvalue weighted by Gasteiger charge is -2.24. The maximum Gasteiger partial charge on any atom is 0.246 e. The topological polar surface area (TPSA) is 49.4 Å². The van der Waals surface area contributed by atoms with Crippen molar-refractivity contribution in [1.82, 2.24) is 9.62 Å². The van der Waals surface area contributed by atoms with Crippen LogP contribution in [0.25, 0.3) is 0 Å². The minimum atomic E-state index is -3.87. The number of benzene rings is 1. The maximum atomic E-state index is 14.0. The van der Waals surface area contributed by atoms with Crippen molar-refractivity contribution >= 4 is 37.6 Å². The highest BCUT2D eigenvalue weighted by Gasteiger charge is 2.36. The van der Waals surface area contributed by atoms with Crippen molar-refractivity contribution in [2.45, 2.75) is 23.8 Å². The van der Waals surface area contributed by atoms with Gasteiger partial charge in [-0.25, -0.2) is 12.8 Å². The maximum absolute atomic E-state index is 14.0. The van der Waals surface area contributed by atoms with E-state index < -0.39 is 15.8 Å². The summed E-state index contributed by atoms with van der Waals surface area (Å²) in [6.45, 7) is 0.951. The van der Waals surface area contributed by atoms with Crippen molar-refractivity contribution in [2.75, 3.05) is 20.1 Å². The molecule has 112 valence electrons. The molecule has 1 heterocycles. The molecule has 1 saturated heterocycles. The monoisotopic (exact) mass is 384 g/mol. The SMILES string of the molecule is CNCC1CCCN1S(=O)(=O)c1cc(Cl)c(Br)cc1F.